The Labute approximate surface area is 128 Å². The number of nitrogens with zero attached hydrogens (tertiary/aromatic N) is 6. The van der Waals surface area contributed by atoms with Crippen molar-refractivity contribution in [3.8, 4) is 0 Å². The fraction of sp³-hybridized carbons (Fsp3) is 0.643. The summed E-state index contributed by atoms with van der Waals surface area (Å²) < 4.78 is 7.02. The molecule has 118 valence electrons. The van der Waals surface area contributed by atoms with Gasteiger partial charge in [0.15, 0.2) is 5.82 Å². The summed E-state index contributed by atoms with van der Waals surface area (Å²) in [6, 6.07) is -0.0942. The molecule has 1 aliphatic rings. The van der Waals surface area contributed by atoms with Crippen molar-refractivity contribution < 1.29 is 9.32 Å². The molecule has 0 unspecified atom stereocenters. The lowest BCUT2D eigenvalue weighted by Gasteiger charge is -2.21. The third-order valence-corrected chi connectivity index (χ3v) is 3.85. The van der Waals surface area contributed by atoms with Crippen LogP contribution in [0.25, 0.3) is 0 Å². The number of rotatable bonds is 5. The smallest absolute Gasteiger partial charge is 0.249 e. The zero-order valence-electron chi connectivity index (χ0n) is 12.8. The van der Waals surface area contributed by atoms with E-state index in [0.29, 0.717) is 24.7 Å². The highest BCUT2D eigenvalue weighted by atomic mass is 16.5. The van der Waals surface area contributed by atoms with Gasteiger partial charge in [-0.1, -0.05) is 19.0 Å². The second-order valence-electron chi connectivity index (χ2n) is 5.80. The molecule has 0 radical (unpaired) electrons. The van der Waals surface area contributed by atoms with Crippen LogP contribution in [0.2, 0.25) is 0 Å². The van der Waals surface area contributed by atoms with E-state index in [9.17, 15) is 4.79 Å². The first-order valence-electron chi connectivity index (χ1n) is 7.60. The van der Waals surface area contributed by atoms with Crippen LogP contribution in [-0.2, 0) is 11.3 Å². The van der Waals surface area contributed by atoms with Gasteiger partial charge in [-0.2, -0.15) is 10.1 Å². The number of hydrogen-bond donors (Lipinski definition) is 0. The van der Waals surface area contributed by atoms with Crippen molar-refractivity contribution in [2.24, 2.45) is 0 Å². The Kier molecular flexibility index (Phi) is 4.17. The largest absolute Gasteiger partial charge is 0.337 e. The molecule has 2 aromatic heterocycles. The van der Waals surface area contributed by atoms with Crippen LogP contribution in [0.1, 0.15) is 56.8 Å². The topological polar surface area (TPSA) is 89.9 Å². The maximum Gasteiger partial charge on any atom is 0.249 e. The summed E-state index contributed by atoms with van der Waals surface area (Å²) in [6.45, 7) is 5.30. The summed E-state index contributed by atoms with van der Waals surface area (Å²) in [5.74, 6) is 1.55. The van der Waals surface area contributed by atoms with Gasteiger partial charge in [0.25, 0.3) is 0 Å². The Morgan fingerprint density at radius 1 is 1.50 bits per heavy atom. The van der Waals surface area contributed by atoms with E-state index in [1.165, 1.54) is 6.33 Å². The predicted octanol–water partition coefficient (Wildman–Crippen LogP) is 1.54. The van der Waals surface area contributed by atoms with Crippen LogP contribution < -0.4 is 0 Å². The predicted molar refractivity (Wildman–Crippen MR) is 76.7 cm³/mol. The van der Waals surface area contributed by atoms with E-state index in [0.717, 1.165) is 19.4 Å². The summed E-state index contributed by atoms with van der Waals surface area (Å²) >= 11 is 0. The van der Waals surface area contributed by atoms with Crippen LogP contribution in [0.3, 0.4) is 0 Å². The third-order valence-electron chi connectivity index (χ3n) is 3.85. The first-order chi connectivity index (χ1) is 10.6. The first kappa shape index (κ1) is 14.7. The Balaban J connectivity index is 1.65. The highest BCUT2D eigenvalue weighted by Crippen LogP contribution is 2.32. The average molecular weight is 304 g/mol. The Bertz CT molecular complexity index is 621. The second kappa shape index (κ2) is 6.25. The first-order valence-corrected chi connectivity index (χ1v) is 7.60. The number of carbonyl (C=O) groups is 1. The number of hydrogen-bond acceptors (Lipinski definition) is 6. The van der Waals surface area contributed by atoms with Crippen LogP contribution in [0, 0.1) is 0 Å². The molecule has 0 aliphatic carbocycles. The van der Waals surface area contributed by atoms with Crippen LogP contribution in [0.15, 0.2) is 17.2 Å². The highest BCUT2D eigenvalue weighted by Gasteiger charge is 2.33. The SMILES string of the molecule is CC(C)c1noc([C@@H]2CCCN2C(=O)CCn2cncn2)n1. The monoisotopic (exact) mass is 304 g/mol. The van der Waals surface area contributed by atoms with Crippen molar-refractivity contribution in [1.29, 1.82) is 0 Å². The van der Waals surface area contributed by atoms with E-state index in [1.807, 2.05) is 18.7 Å². The molecule has 2 aromatic rings. The standard InChI is InChI=1S/C14H20N6O2/c1-10(2)13-17-14(22-18-13)11-4-3-6-20(11)12(21)5-7-19-9-15-8-16-19/h8-11H,3-7H2,1-2H3/t11-/m0/s1. The van der Waals surface area contributed by atoms with Crippen molar-refractivity contribution in [1.82, 2.24) is 29.8 Å². The zero-order valence-corrected chi connectivity index (χ0v) is 12.8. The lowest BCUT2D eigenvalue weighted by molar-refractivity contribution is -0.132. The van der Waals surface area contributed by atoms with Gasteiger partial charge in [-0.3, -0.25) is 9.48 Å². The van der Waals surface area contributed by atoms with E-state index in [1.54, 1.807) is 11.0 Å². The molecule has 0 N–H and O–H groups in total. The van der Waals surface area contributed by atoms with Crippen molar-refractivity contribution >= 4 is 5.91 Å². The normalized spacial score (nSPS) is 18.3. The van der Waals surface area contributed by atoms with Gasteiger partial charge in [-0.15, -0.1) is 0 Å². The molecule has 0 spiro atoms. The minimum absolute atomic E-state index is 0.0855. The Morgan fingerprint density at radius 2 is 2.36 bits per heavy atom. The summed E-state index contributed by atoms with van der Waals surface area (Å²) in [7, 11) is 0. The van der Waals surface area contributed by atoms with Crippen molar-refractivity contribution in [3.05, 3.63) is 24.4 Å². The Morgan fingerprint density at radius 3 is 3.05 bits per heavy atom. The van der Waals surface area contributed by atoms with Gasteiger partial charge in [0.2, 0.25) is 11.8 Å². The molecule has 22 heavy (non-hydrogen) atoms. The third kappa shape index (κ3) is 3.00. The van der Waals surface area contributed by atoms with Gasteiger partial charge in [0.1, 0.15) is 18.7 Å². The maximum absolute atomic E-state index is 12.4. The van der Waals surface area contributed by atoms with Crippen LogP contribution in [0.4, 0.5) is 0 Å². The van der Waals surface area contributed by atoms with Gasteiger partial charge < -0.3 is 9.42 Å². The summed E-state index contributed by atoms with van der Waals surface area (Å²) in [5.41, 5.74) is 0. The Hall–Kier alpha value is -2.25. The van der Waals surface area contributed by atoms with Gasteiger partial charge in [0, 0.05) is 18.9 Å². The number of aryl methyl sites for hydroxylation is 1. The lowest BCUT2D eigenvalue weighted by Crippen LogP contribution is -2.31. The van der Waals surface area contributed by atoms with E-state index in [-0.39, 0.29) is 17.9 Å². The minimum atomic E-state index is -0.0942. The molecule has 0 bridgehead atoms. The number of aromatic nitrogens is 5. The highest BCUT2D eigenvalue weighted by molar-refractivity contribution is 5.76. The molecular formula is C14H20N6O2. The molecular weight excluding hydrogens is 284 g/mol. The summed E-state index contributed by atoms with van der Waals surface area (Å²) in [4.78, 5) is 22.6. The average Bonchev–Trinajstić information content (AvgIpc) is 3.23. The minimum Gasteiger partial charge on any atom is -0.337 e. The van der Waals surface area contributed by atoms with Gasteiger partial charge in [-0.25, -0.2) is 4.98 Å². The lowest BCUT2D eigenvalue weighted by atomic mass is 10.2. The molecule has 8 heteroatoms. The summed E-state index contributed by atoms with van der Waals surface area (Å²) in [6.07, 6.45) is 5.30. The van der Waals surface area contributed by atoms with E-state index in [4.69, 9.17) is 4.52 Å². The molecule has 1 atom stereocenters. The number of amides is 1. The molecule has 3 heterocycles. The zero-order chi connectivity index (χ0) is 15.5. The second-order valence-corrected chi connectivity index (χ2v) is 5.80. The molecule has 3 rings (SSSR count). The van der Waals surface area contributed by atoms with Crippen molar-refractivity contribution in [3.63, 3.8) is 0 Å². The molecule has 0 saturated carbocycles. The van der Waals surface area contributed by atoms with E-state index < -0.39 is 0 Å². The van der Waals surface area contributed by atoms with Crippen molar-refractivity contribution in [2.75, 3.05) is 6.54 Å². The molecule has 8 nitrogen and oxygen atoms in total. The van der Waals surface area contributed by atoms with Crippen LogP contribution >= 0.6 is 0 Å². The maximum atomic E-state index is 12.4. The van der Waals surface area contributed by atoms with Gasteiger partial charge in [-0.05, 0) is 12.8 Å². The molecule has 1 saturated heterocycles. The molecule has 1 aliphatic heterocycles. The fourth-order valence-electron chi connectivity index (χ4n) is 2.64. The summed E-state index contributed by atoms with van der Waals surface area (Å²) in [5, 5.41) is 8.00. The van der Waals surface area contributed by atoms with E-state index >= 15 is 0 Å². The molecule has 1 fully saturated rings. The van der Waals surface area contributed by atoms with Gasteiger partial charge >= 0.3 is 0 Å². The van der Waals surface area contributed by atoms with Crippen LogP contribution in [-0.4, -0.2) is 42.3 Å². The van der Waals surface area contributed by atoms with E-state index in [2.05, 4.69) is 20.2 Å². The number of likely N-dealkylation sites (tertiary alicyclic amines) is 1. The fourth-order valence-corrected chi connectivity index (χ4v) is 2.64. The van der Waals surface area contributed by atoms with Gasteiger partial charge in [0.05, 0.1) is 6.54 Å². The molecule has 1 amide bonds. The number of carbonyl (C=O) groups excluding carboxylic acids is 1. The van der Waals surface area contributed by atoms with Crippen molar-refractivity contribution in [2.45, 2.75) is 51.6 Å². The quantitative estimate of drug-likeness (QED) is 0.832. The molecule has 0 aromatic carbocycles. The van der Waals surface area contributed by atoms with Crippen LogP contribution in [0.5, 0.6) is 0 Å².